The lowest BCUT2D eigenvalue weighted by Crippen LogP contribution is -2.26. The first-order valence-corrected chi connectivity index (χ1v) is 5.03. The molecular formula is C11H18N4. The quantitative estimate of drug-likeness (QED) is 0.579. The van der Waals surface area contributed by atoms with Gasteiger partial charge >= 0.3 is 0 Å². The largest absolute Gasteiger partial charge is 0.384 e. The Balaban J connectivity index is 2.97. The Morgan fingerprint density at radius 3 is 2.80 bits per heavy atom. The number of aromatic nitrogens is 1. The zero-order chi connectivity index (χ0) is 11.4. The van der Waals surface area contributed by atoms with Gasteiger partial charge in [-0.3, -0.25) is 5.41 Å². The normalized spacial score (nSPS) is 10.4. The van der Waals surface area contributed by atoms with Gasteiger partial charge in [0.05, 0.1) is 5.56 Å². The molecule has 0 fully saturated rings. The number of anilines is 1. The average Bonchev–Trinajstić information content (AvgIpc) is 2.16. The monoisotopic (exact) mass is 206 g/mol. The lowest BCUT2D eigenvalue weighted by atomic mass is 10.2. The summed E-state index contributed by atoms with van der Waals surface area (Å²) >= 11 is 0. The molecule has 0 bridgehead atoms. The highest BCUT2D eigenvalue weighted by Crippen LogP contribution is 2.15. The second-order valence-electron chi connectivity index (χ2n) is 4.06. The van der Waals surface area contributed by atoms with E-state index >= 15 is 0 Å². The van der Waals surface area contributed by atoms with Crippen molar-refractivity contribution in [1.29, 1.82) is 5.41 Å². The van der Waals surface area contributed by atoms with Crippen LogP contribution in [-0.4, -0.2) is 24.4 Å². The van der Waals surface area contributed by atoms with Gasteiger partial charge in [-0.05, 0) is 18.1 Å². The number of amidine groups is 1. The SMILES string of the molecule is CC(C)CN(C)c1ncccc1C(=N)N. The maximum absolute atomic E-state index is 7.46. The summed E-state index contributed by atoms with van der Waals surface area (Å²) in [5.41, 5.74) is 6.19. The van der Waals surface area contributed by atoms with Crippen LogP contribution in [0.1, 0.15) is 19.4 Å². The van der Waals surface area contributed by atoms with Gasteiger partial charge < -0.3 is 10.6 Å². The Bertz CT molecular complexity index is 346. The summed E-state index contributed by atoms with van der Waals surface area (Å²) in [6.45, 7) is 5.19. The summed E-state index contributed by atoms with van der Waals surface area (Å²) in [7, 11) is 1.97. The predicted molar refractivity (Wildman–Crippen MR) is 63.4 cm³/mol. The van der Waals surface area contributed by atoms with Crippen molar-refractivity contribution < 1.29 is 0 Å². The molecule has 4 heteroatoms. The van der Waals surface area contributed by atoms with Gasteiger partial charge in [0.25, 0.3) is 0 Å². The van der Waals surface area contributed by atoms with Crippen LogP contribution < -0.4 is 10.6 Å². The molecule has 82 valence electrons. The highest BCUT2D eigenvalue weighted by atomic mass is 15.2. The zero-order valence-corrected chi connectivity index (χ0v) is 9.49. The van der Waals surface area contributed by atoms with Crippen LogP contribution in [0.15, 0.2) is 18.3 Å². The minimum absolute atomic E-state index is 0.0636. The third-order valence-electron chi connectivity index (χ3n) is 2.08. The van der Waals surface area contributed by atoms with Crippen LogP contribution in [0, 0.1) is 11.3 Å². The second kappa shape index (κ2) is 4.77. The Morgan fingerprint density at radius 2 is 2.27 bits per heavy atom. The van der Waals surface area contributed by atoms with Crippen molar-refractivity contribution in [2.45, 2.75) is 13.8 Å². The molecule has 0 aromatic carbocycles. The van der Waals surface area contributed by atoms with Gasteiger partial charge in [0.15, 0.2) is 0 Å². The van der Waals surface area contributed by atoms with Crippen LogP contribution in [0.4, 0.5) is 5.82 Å². The molecule has 0 amide bonds. The van der Waals surface area contributed by atoms with E-state index in [1.54, 1.807) is 12.3 Å². The number of rotatable bonds is 4. The first kappa shape index (κ1) is 11.5. The van der Waals surface area contributed by atoms with Crippen molar-refractivity contribution in [2.24, 2.45) is 11.7 Å². The Labute approximate surface area is 90.6 Å². The van der Waals surface area contributed by atoms with Crippen molar-refractivity contribution in [3.8, 4) is 0 Å². The molecule has 1 aromatic heterocycles. The first-order chi connectivity index (χ1) is 7.02. The van der Waals surface area contributed by atoms with Gasteiger partial charge in [-0.1, -0.05) is 13.8 Å². The van der Waals surface area contributed by atoms with E-state index in [9.17, 15) is 0 Å². The number of hydrogen-bond acceptors (Lipinski definition) is 3. The number of nitrogens with two attached hydrogens (primary N) is 1. The maximum Gasteiger partial charge on any atom is 0.139 e. The van der Waals surface area contributed by atoms with Gasteiger partial charge in [0.2, 0.25) is 0 Å². The van der Waals surface area contributed by atoms with E-state index in [0.29, 0.717) is 11.5 Å². The van der Waals surface area contributed by atoms with E-state index in [4.69, 9.17) is 11.1 Å². The molecular weight excluding hydrogens is 188 g/mol. The van der Waals surface area contributed by atoms with E-state index in [-0.39, 0.29) is 5.84 Å². The molecule has 0 spiro atoms. The Hall–Kier alpha value is -1.58. The van der Waals surface area contributed by atoms with Crippen molar-refractivity contribution in [3.63, 3.8) is 0 Å². The molecule has 4 nitrogen and oxygen atoms in total. The lowest BCUT2D eigenvalue weighted by molar-refractivity contribution is 0.634. The van der Waals surface area contributed by atoms with Crippen LogP contribution in [0.5, 0.6) is 0 Å². The second-order valence-corrected chi connectivity index (χ2v) is 4.06. The lowest BCUT2D eigenvalue weighted by Gasteiger charge is -2.22. The maximum atomic E-state index is 7.46. The number of nitrogens with one attached hydrogen (secondary N) is 1. The highest BCUT2D eigenvalue weighted by Gasteiger charge is 2.11. The van der Waals surface area contributed by atoms with Gasteiger partial charge in [-0.2, -0.15) is 0 Å². The third-order valence-corrected chi connectivity index (χ3v) is 2.08. The molecule has 0 aliphatic rings. The number of nitrogen functional groups attached to an aromatic ring is 1. The molecule has 0 atom stereocenters. The van der Waals surface area contributed by atoms with E-state index in [1.165, 1.54) is 0 Å². The molecule has 0 unspecified atom stereocenters. The Kier molecular flexibility index (Phi) is 3.66. The molecule has 1 rings (SSSR count). The molecule has 3 N–H and O–H groups in total. The minimum atomic E-state index is 0.0636. The summed E-state index contributed by atoms with van der Waals surface area (Å²) < 4.78 is 0. The summed E-state index contributed by atoms with van der Waals surface area (Å²) in [6.07, 6.45) is 1.72. The van der Waals surface area contributed by atoms with Crippen molar-refractivity contribution in [2.75, 3.05) is 18.5 Å². The molecule has 1 aromatic rings. The van der Waals surface area contributed by atoms with E-state index < -0.39 is 0 Å². The molecule has 0 saturated heterocycles. The summed E-state index contributed by atoms with van der Waals surface area (Å²) in [4.78, 5) is 6.29. The van der Waals surface area contributed by atoms with E-state index in [1.807, 2.05) is 18.0 Å². The van der Waals surface area contributed by atoms with Gasteiger partial charge in [-0.25, -0.2) is 4.98 Å². The summed E-state index contributed by atoms with van der Waals surface area (Å²) in [5, 5.41) is 7.46. The highest BCUT2D eigenvalue weighted by molar-refractivity contribution is 5.99. The fourth-order valence-corrected chi connectivity index (χ4v) is 1.55. The molecule has 1 heterocycles. The van der Waals surface area contributed by atoms with Crippen LogP contribution in [-0.2, 0) is 0 Å². The van der Waals surface area contributed by atoms with E-state index in [0.717, 1.165) is 12.4 Å². The summed E-state index contributed by atoms with van der Waals surface area (Å²) in [6, 6.07) is 3.62. The van der Waals surface area contributed by atoms with Crippen LogP contribution in [0.25, 0.3) is 0 Å². The molecule has 15 heavy (non-hydrogen) atoms. The van der Waals surface area contributed by atoms with Crippen LogP contribution >= 0.6 is 0 Å². The number of nitrogens with zero attached hydrogens (tertiary/aromatic N) is 2. The zero-order valence-electron chi connectivity index (χ0n) is 9.49. The minimum Gasteiger partial charge on any atom is -0.384 e. The number of hydrogen-bond donors (Lipinski definition) is 2. The fraction of sp³-hybridized carbons (Fsp3) is 0.455. The van der Waals surface area contributed by atoms with Crippen LogP contribution in [0.2, 0.25) is 0 Å². The molecule has 0 radical (unpaired) electrons. The summed E-state index contributed by atoms with van der Waals surface area (Å²) in [5.74, 6) is 1.39. The van der Waals surface area contributed by atoms with Crippen molar-refractivity contribution in [3.05, 3.63) is 23.9 Å². The van der Waals surface area contributed by atoms with E-state index in [2.05, 4.69) is 18.8 Å². The van der Waals surface area contributed by atoms with Crippen molar-refractivity contribution >= 4 is 11.7 Å². The Morgan fingerprint density at radius 1 is 1.60 bits per heavy atom. The molecule has 0 aliphatic heterocycles. The van der Waals surface area contributed by atoms with Crippen molar-refractivity contribution in [1.82, 2.24) is 4.98 Å². The topological polar surface area (TPSA) is 66.0 Å². The van der Waals surface area contributed by atoms with Gasteiger partial charge in [0, 0.05) is 19.8 Å². The predicted octanol–water partition coefficient (Wildman–Crippen LogP) is 1.46. The number of pyridine rings is 1. The van der Waals surface area contributed by atoms with Gasteiger partial charge in [0.1, 0.15) is 11.7 Å². The smallest absolute Gasteiger partial charge is 0.139 e. The fourth-order valence-electron chi connectivity index (χ4n) is 1.55. The van der Waals surface area contributed by atoms with Crippen LogP contribution in [0.3, 0.4) is 0 Å². The standard InChI is InChI=1S/C11H18N4/c1-8(2)7-15(3)11-9(10(12)13)5-4-6-14-11/h4-6,8H,7H2,1-3H3,(H3,12,13). The third kappa shape index (κ3) is 2.94. The average molecular weight is 206 g/mol. The molecule has 0 saturated carbocycles. The molecule has 0 aliphatic carbocycles. The first-order valence-electron chi connectivity index (χ1n) is 5.03. The van der Waals surface area contributed by atoms with Gasteiger partial charge in [-0.15, -0.1) is 0 Å².